The molecule has 0 spiro atoms. The number of hydrogen-bond acceptors (Lipinski definition) is 4. The summed E-state index contributed by atoms with van der Waals surface area (Å²) in [6, 6.07) is -4.94. The van der Waals surface area contributed by atoms with Crippen LogP contribution in [0.4, 0.5) is 26.5 Å². The Morgan fingerprint density at radius 2 is 1.35 bits per heavy atom. The monoisotopic (exact) mass is 354 g/mol. The summed E-state index contributed by atoms with van der Waals surface area (Å²) in [7, 11) is 0. The van der Waals surface area contributed by atoms with Crippen LogP contribution in [0.5, 0.6) is 0 Å². The lowest BCUT2D eigenvalue weighted by atomic mass is 10.5. The van der Waals surface area contributed by atoms with Crippen LogP contribution >= 0.6 is 23.2 Å². The fourth-order valence-corrected chi connectivity index (χ4v) is 1.11. The molecule has 0 aromatic rings. The third-order valence-corrected chi connectivity index (χ3v) is 2.45. The molecule has 0 saturated carbocycles. The van der Waals surface area contributed by atoms with Crippen LogP contribution in [0.15, 0.2) is 0 Å². The second-order valence-corrected chi connectivity index (χ2v) is 4.12. The Balaban J connectivity index is 0.000000621. The predicted octanol–water partition coefficient (Wildman–Crippen LogP) is 3.92. The van der Waals surface area contributed by atoms with Crippen molar-refractivity contribution in [3.05, 3.63) is 0 Å². The summed E-state index contributed by atoms with van der Waals surface area (Å²) in [5, 5.41) is -8.55. The zero-order valence-electron chi connectivity index (χ0n) is 10.1. The Labute approximate surface area is 119 Å². The zero-order chi connectivity index (χ0) is 16.2. The summed E-state index contributed by atoms with van der Waals surface area (Å²) in [5.74, 6) is 0. The first-order chi connectivity index (χ1) is 8.89. The van der Waals surface area contributed by atoms with Gasteiger partial charge in [-0.25, -0.2) is 0 Å². The summed E-state index contributed by atoms with van der Waals surface area (Å²) in [5.41, 5.74) is 0. The molecule has 0 aliphatic carbocycles. The van der Waals surface area contributed by atoms with E-state index in [4.69, 9.17) is 4.74 Å². The van der Waals surface area contributed by atoms with Gasteiger partial charge in [0, 0.05) is 13.2 Å². The van der Waals surface area contributed by atoms with Gasteiger partial charge < -0.3 is 4.74 Å². The van der Waals surface area contributed by atoms with Crippen LogP contribution in [-0.4, -0.2) is 36.0 Å². The molecular weight excluding hydrogens is 345 g/mol. The maximum atomic E-state index is 12.9. The maximum Gasteiger partial charge on any atom is 0.473 e. The first kappa shape index (κ1) is 20.0. The molecule has 1 aliphatic heterocycles. The average Bonchev–Trinajstić information content (AvgIpc) is 2.46. The van der Waals surface area contributed by atoms with Crippen LogP contribution in [0.2, 0.25) is 0 Å². The van der Waals surface area contributed by atoms with Crippen molar-refractivity contribution in [2.45, 2.75) is 36.6 Å². The van der Waals surface area contributed by atoms with E-state index >= 15 is 0 Å². The standard InChI is InChI=1S/C4Cl2F6O3.C4H10O/c5-1(7)2(6,8)14-4(11,13-1)3(9,10)15-12;1-3-5-4-2/h;3-4H2,1-2H3. The van der Waals surface area contributed by atoms with Gasteiger partial charge in [-0.3, -0.25) is 9.47 Å². The highest BCUT2D eigenvalue weighted by Crippen LogP contribution is 2.56. The van der Waals surface area contributed by atoms with Gasteiger partial charge in [-0.15, -0.1) is 4.94 Å². The molecule has 1 heterocycles. The zero-order valence-corrected chi connectivity index (χ0v) is 11.6. The molecule has 0 N–H and O–H groups in total. The van der Waals surface area contributed by atoms with Crippen LogP contribution in [0, 0.1) is 0 Å². The summed E-state index contributed by atoms with van der Waals surface area (Å²) < 4.78 is 84.8. The van der Waals surface area contributed by atoms with Crippen molar-refractivity contribution in [3.63, 3.8) is 0 Å². The van der Waals surface area contributed by atoms with Crippen molar-refractivity contribution in [2.75, 3.05) is 13.2 Å². The lowest BCUT2D eigenvalue weighted by molar-refractivity contribution is -0.497. The second-order valence-electron chi connectivity index (χ2n) is 3.15. The van der Waals surface area contributed by atoms with E-state index in [0.717, 1.165) is 13.2 Å². The number of hydrogen-bond donors (Lipinski definition) is 0. The summed E-state index contributed by atoms with van der Waals surface area (Å²) in [4.78, 5) is 1.80. The molecule has 2 atom stereocenters. The molecule has 20 heavy (non-hydrogen) atoms. The molecule has 0 aromatic carbocycles. The van der Waals surface area contributed by atoms with Crippen LogP contribution in [-0.2, 0) is 19.2 Å². The van der Waals surface area contributed by atoms with E-state index in [0.29, 0.717) is 0 Å². The van der Waals surface area contributed by atoms with Gasteiger partial charge in [0.15, 0.2) is 0 Å². The fourth-order valence-electron chi connectivity index (χ4n) is 0.838. The number of rotatable bonds is 4. The Morgan fingerprint density at radius 3 is 1.55 bits per heavy atom. The van der Waals surface area contributed by atoms with Gasteiger partial charge in [0.2, 0.25) is 0 Å². The van der Waals surface area contributed by atoms with Crippen molar-refractivity contribution >= 4 is 23.2 Å². The number of alkyl halides is 7. The number of ether oxygens (including phenoxy) is 3. The Morgan fingerprint density at radius 1 is 1.00 bits per heavy atom. The van der Waals surface area contributed by atoms with Crippen molar-refractivity contribution in [3.8, 4) is 0 Å². The van der Waals surface area contributed by atoms with E-state index in [1.165, 1.54) is 0 Å². The highest BCUT2D eigenvalue weighted by molar-refractivity contribution is 6.32. The van der Waals surface area contributed by atoms with E-state index in [-0.39, 0.29) is 0 Å². The second kappa shape index (κ2) is 6.84. The minimum absolute atomic E-state index is 0.844. The van der Waals surface area contributed by atoms with Crippen LogP contribution in [0.25, 0.3) is 0 Å². The molecule has 4 nitrogen and oxygen atoms in total. The molecule has 0 bridgehead atoms. The van der Waals surface area contributed by atoms with Crippen LogP contribution < -0.4 is 0 Å². The van der Waals surface area contributed by atoms with Gasteiger partial charge in [0.25, 0.3) is 0 Å². The van der Waals surface area contributed by atoms with E-state index in [1.807, 2.05) is 13.8 Å². The molecule has 1 fully saturated rings. The molecular formula is C8H10Cl2F6O4. The molecule has 1 saturated heterocycles. The van der Waals surface area contributed by atoms with E-state index in [2.05, 4.69) is 32.7 Å². The minimum atomic E-state index is -5.46. The Bertz CT molecular complexity index is 299. The normalized spacial score (nSPS) is 37.5. The van der Waals surface area contributed by atoms with Crippen molar-refractivity contribution in [1.82, 2.24) is 0 Å². The summed E-state index contributed by atoms with van der Waals surface area (Å²) >= 11 is 8.87. The molecule has 2 unspecified atom stereocenters. The number of halogens is 8. The van der Waals surface area contributed by atoms with Crippen LogP contribution in [0.3, 0.4) is 0 Å². The summed E-state index contributed by atoms with van der Waals surface area (Å²) in [6.07, 6.45) is -5.46. The molecule has 0 amide bonds. The fraction of sp³-hybridized carbons (Fsp3) is 1.00. The van der Waals surface area contributed by atoms with Gasteiger partial charge in [0.05, 0.1) is 0 Å². The van der Waals surface area contributed by atoms with E-state index < -0.39 is 22.8 Å². The minimum Gasteiger partial charge on any atom is -0.382 e. The lowest BCUT2D eigenvalue weighted by Crippen LogP contribution is -2.47. The first-order valence-electron chi connectivity index (χ1n) is 4.99. The van der Waals surface area contributed by atoms with Crippen molar-refractivity contribution in [1.29, 1.82) is 0 Å². The van der Waals surface area contributed by atoms with Gasteiger partial charge in [-0.1, -0.05) is 0 Å². The van der Waals surface area contributed by atoms with Gasteiger partial charge >= 0.3 is 22.8 Å². The largest absolute Gasteiger partial charge is 0.473 e. The Kier molecular flexibility index (Phi) is 6.84. The molecule has 0 aromatic heterocycles. The van der Waals surface area contributed by atoms with Gasteiger partial charge in [0.1, 0.15) is 0 Å². The third kappa shape index (κ3) is 4.25. The quantitative estimate of drug-likeness (QED) is 0.566. The smallest absolute Gasteiger partial charge is 0.382 e. The SMILES string of the molecule is CCOCC.FOC(F)(F)C1(F)OC(F)(Cl)C(F)(Cl)O1. The predicted molar refractivity (Wildman–Crippen MR) is 54.7 cm³/mol. The average molecular weight is 355 g/mol. The van der Waals surface area contributed by atoms with E-state index in [9.17, 15) is 26.5 Å². The van der Waals surface area contributed by atoms with E-state index in [1.54, 1.807) is 4.94 Å². The molecule has 1 rings (SSSR count). The molecule has 1 aliphatic rings. The molecule has 122 valence electrons. The molecule has 0 radical (unpaired) electrons. The Hall–Kier alpha value is -0.0000000000000000763. The van der Waals surface area contributed by atoms with Gasteiger partial charge in [-0.2, -0.15) is 22.0 Å². The lowest BCUT2D eigenvalue weighted by Gasteiger charge is -2.22. The van der Waals surface area contributed by atoms with Crippen molar-refractivity contribution in [2.24, 2.45) is 0 Å². The van der Waals surface area contributed by atoms with Gasteiger partial charge in [-0.05, 0) is 41.6 Å². The van der Waals surface area contributed by atoms with Crippen molar-refractivity contribution < 1.29 is 45.6 Å². The van der Waals surface area contributed by atoms with Crippen LogP contribution in [0.1, 0.15) is 13.8 Å². The highest BCUT2D eigenvalue weighted by atomic mass is 35.5. The molecule has 12 heteroatoms. The summed E-state index contributed by atoms with van der Waals surface area (Å²) in [6.45, 7) is 5.67. The topological polar surface area (TPSA) is 36.9 Å². The first-order valence-corrected chi connectivity index (χ1v) is 5.75. The third-order valence-electron chi connectivity index (χ3n) is 1.71. The highest BCUT2D eigenvalue weighted by Gasteiger charge is 2.79. The maximum absolute atomic E-state index is 12.9.